The molecule has 0 bridgehead atoms. The Morgan fingerprint density at radius 1 is 1.00 bits per heavy atom. The molecule has 1 aliphatic rings. The van der Waals surface area contributed by atoms with Crippen molar-refractivity contribution in [3.8, 4) is 28.7 Å². The zero-order valence-corrected chi connectivity index (χ0v) is 16.5. The molecule has 0 radical (unpaired) electrons. The number of carbonyl (C=O) groups is 1. The molecule has 156 valence electrons. The van der Waals surface area contributed by atoms with Gasteiger partial charge in [-0.1, -0.05) is 6.07 Å². The van der Waals surface area contributed by atoms with E-state index in [2.05, 4.69) is 0 Å². The summed E-state index contributed by atoms with van der Waals surface area (Å²) in [5, 5.41) is 31.0. The number of esters is 1. The van der Waals surface area contributed by atoms with E-state index in [0.29, 0.717) is 17.7 Å². The molecule has 1 aliphatic heterocycles. The highest BCUT2D eigenvalue weighted by Crippen LogP contribution is 2.40. The van der Waals surface area contributed by atoms with Crippen molar-refractivity contribution in [2.24, 2.45) is 5.92 Å². The van der Waals surface area contributed by atoms with Gasteiger partial charge in [0, 0.05) is 12.3 Å². The maximum Gasteiger partial charge on any atom is 0.338 e. The third-order valence-corrected chi connectivity index (χ3v) is 5.18. The number of aliphatic hydroxyl groups is 1. The molecule has 29 heavy (non-hydrogen) atoms. The average Bonchev–Trinajstić information content (AvgIpc) is 2.98. The molecule has 3 N–H and O–H groups in total. The molecular weight excluding hydrogens is 380 g/mol. The van der Waals surface area contributed by atoms with Crippen LogP contribution in [0.4, 0.5) is 0 Å². The van der Waals surface area contributed by atoms with Crippen LogP contribution in [0.2, 0.25) is 0 Å². The van der Waals surface area contributed by atoms with Crippen LogP contribution in [0.25, 0.3) is 0 Å². The van der Waals surface area contributed by atoms with Gasteiger partial charge in [0.2, 0.25) is 5.75 Å². The Bertz CT molecular complexity index is 885. The Labute approximate surface area is 168 Å². The molecule has 8 heteroatoms. The van der Waals surface area contributed by atoms with Gasteiger partial charge in [-0.15, -0.1) is 0 Å². The summed E-state index contributed by atoms with van der Waals surface area (Å²) in [5.41, 5.74) is -0.439. The fourth-order valence-electron chi connectivity index (χ4n) is 3.54. The molecule has 8 nitrogen and oxygen atoms in total. The standard InChI is InChI=1S/C21H24O8/c1-26-16-7-12(4-5-15(16)22)6-14-11-29-20(24)21(14,25)10-13-8-17(27-2)19(23)18(9-13)28-3/h4-5,7-9,14,22-23,25H,6,10-11H2,1-3H3/t14-,21+/m1/s1. The summed E-state index contributed by atoms with van der Waals surface area (Å²) < 4.78 is 20.6. The summed E-state index contributed by atoms with van der Waals surface area (Å²) >= 11 is 0. The van der Waals surface area contributed by atoms with E-state index in [4.69, 9.17) is 18.9 Å². The van der Waals surface area contributed by atoms with Crippen LogP contribution < -0.4 is 14.2 Å². The van der Waals surface area contributed by atoms with Gasteiger partial charge < -0.3 is 34.3 Å². The minimum atomic E-state index is -1.77. The summed E-state index contributed by atoms with van der Waals surface area (Å²) in [6.07, 6.45) is 0.296. The van der Waals surface area contributed by atoms with Crippen molar-refractivity contribution in [3.63, 3.8) is 0 Å². The van der Waals surface area contributed by atoms with Crippen molar-refractivity contribution in [1.29, 1.82) is 0 Å². The van der Waals surface area contributed by atoms with Crippen LogP contribution in [0.3, 0.4) is 0 Å². The van der Waals surface area contributed by atoms with Crippen LogP contribution in [0, 0.1) is 5.92 Å². The smallest absolute Gasteiger partial charge is 0.338 e. The van der Waals surface area contributed by atoms with Gasteiger partial charge in [0.25, 0.3) is 0 Å². The number of ether oxygens (including phenoxy) is 4. The number of rotatable bonds is 7. The monoisotopic (exact) mass is 404 g/mol. The Kier molecular flexibility index (Phi) is 5.74. The van der Waals surface area contributed by atoms with E-state index < -0.39 is 17.5 Å². The highest BCUT2D eigenvalue weighted by atomic mass is 16.6. The fraction of sp³-hybridized carbons (Fsp3) is 0.381. The Morgan fingerprint density at radius 2 is 1.59 bits per heavy atom. The molecule has 0 spiro atoms. The molecule has 2 atom stereocenters. The largest absolute Gasteiger partial charge is 0.504 e. The Hall–Kier alpha value is -3.13. The lowest BCUT2D eigenvalue weighted by atomic mass is 9.80. The van der Waals surface area contributed by atoms with Crippen LogP contribution in [-0.2, 0) is 22.4 Å². The summed E-state index contributed by atoms with van der Waals surface area (Å²) in [6.45, 7) is 0.0604. The number of benzene rings is 2. The molecule has 0 amide bonds. The maximum atomic E-state index is 12.4. The van der Waals surface area contributed by atoms with Crippen molar-refractivity contribution in [2.75, 3.05) is 27.9 Å². The summed E-state index contributed by atoms with van der Waals surface area (Å²) in [6, 6.07) is 7.95. The highest BCUT2D eigenvalue weighted by molar-refractivity contribution is 5.82. The van der Waals surface area contributed by atoms with Crippen molar-refractivity contribution in [1.82, 2.24) is 0 Å². The molecule has 0 aliphatic carbocycles. The van der Waals surface area contributed by atoms with Crippen molar-refractivity contribution in [3.05, 3.63) is 41.5 Å². The van der Waals surface area contributed by atoms with Gasteiger partial charge >= 0.3 is 5.97 Å². The second kappa shape index (κ2) is 8.08. The summed E-state index contributed by atoms with van der Waals surface area (Å²) in [4.78, 5) is 12.4. The number of cyclic esters (lactones) is 1. The minimum Gasteiger partial charge on any atom is -0.504 e. The number of methoxy groups -OCH3 is 3. The molecule has 3 rings (SSSR count). The van der Waals surface area contributed by atoms with Gasteiger partial charge in [-0.05, 0) is 41.8 Å². The molecule has 2 aromatic carbocycles. The van der Waals surface area contributed by atoms with Crippen molar-refractivity contribution in [2.45, 2.75) is 18.4 Å². The van der Waals surface area contributed by atoms with Crippen molar-refractivity contribution >= 4 is 5.97 Å². The lowest BCUT2D eigenvalue weighted by Gasteiger charge is -2.26. The lowest BCUT2D eigenvalue weighted by Crippen LogP contribution is -2.44. The highest BCUT2D eigenvalue weighted by Gasteiger charge is 2.51. The van der Waals surface area contributed by atoms with E-state index >= 15 is 0 Å². The van der Waals surface area contributed by atoms with Gasteiger partial charge in [0.05, 0.1) is 27.9 Å². The van der Waals surface area contributed by atoms with Crippen molar-refractivity contribution < 1.29 is 39.1 Å². The van der Waals surface area contributed by atoms with Gasteiger partial charge in [0.1, 0.15) is 0 Å². The van der Waals surface area contributed by atoms with E-state index in [1.165, 1.54) is 27.4 Å². The van der Waals surface area contributed by atoms with Gasteiger partial charge in [0.15, 0.2) is 28.6 Å². The first-order valence-corrected chi connectivity index (χ1v) is 9.01. The second-order valence-electron chi connectivity index (χ2n) is 6.96. The predicted octanol–water partition coefficient (Wildman–Crippen LogP) is 1.81. The second-order valence-corrected chi connectivity index (χ2v) is 6.96. The van der Waals surface area contributed by atoms with E-state index in [9.17, 15) is 20.1 Å². The molecule has 0 saturated carbocycles. The zero-order valence-electron chi connectivity index (χ0n) is 16.5. The summed E-state index contributed by atoms with van der Waals surface area (Å²) in [5.74, 6) is -0.720. The van der Waals surface area contributed by atoms with E-state index in [-0.39, 0.29) is 36.0 Å². The minimum absolute atomic E-state index is 0.00791. The van der Waals surface area contributed by atoms with Gasteiger partial charge in [-0.2, -0.15) is 0 Å². The summed E-state index contributed by atoms with van der Waals surface area (Å²) in [7, 11) is 4.25. The number of aromatic hydroxyl groups is 2. The topological polar surface area (TPSA) is 115 Å². The number of phenols is 2. The maximum absolute atomic E-state index is 12.4. The van der Waals surface area contributed by atoms with E-state index in [1.54, 1.807) is 24.3 Å². The average molecular weight is 404 g/mol. The van der Waals surface area contributed by atoms with E-state index in [1.807, 2.05) is 0 Å². The fourth-order valence-corrected chi connectivity index (χ4v) is 3.54. The first-order valence-electron chi connectivity index (χ1n) is 9.01. The molecule has 0 aromatic heterocycles. The van der Waals surface area contributed by atoms with Crippen LogP contribution in [0.5, 0.6) is 28.7 Å². The molecule has 0 unspecified atom stereocenters. The number of hydrogen-bond acceptors (Lipinski definition) is 8. The van der Waals surface area contributed by atoms with Crippen LogP contribution >= 0.6 is 0 Å². The third-order valence-electron chi connectivity index (χ3n) is 5.18. The molecule has 1 saturated heterocycles. The van der Waals surface area contributed by atoms with Crippen LogP contribution in [-0.4, -0.2) is 54.8 Å². The normalized spacial score (nSPS) is 21.0. The quantitative estimate of drug-likeness (QED) is 0.599. The molecule has 2 aromatic rings. The first-order chi connectivity index (χ1) is 13.8. The predicted molar refractivity (Wildman–Crippen MR) is 103 cm³/mol. The van der Waals surface area contributed by atoms with Crippen LogP contribution in [0.15, 0.2) is 30.3 Å². The third kappa shape index (κ3) is 3.88. The van der Waals surface area contributed by atoms with Gasteiger partial charge in [-0.25, -0.2) is 4.79 Å². The Balaban J connectivity index is 1.89. The number of hydrogen-bond donors (Lipinski definition) is 3. The van der Waals surface area contributed by atoms with Gasteiger partial charge in [-0.3, -0.25) is 0 Å². The molecule has 1 fully saturated rings. The first kappa shape index (κ1) is 20.6. The number of phenolic OH excluding ortho intramolecular Hbond substituents is 2. The SMILES string of the molecule is COc1cc(C[C@@H]2COC(=O)[C@]2(O)Cc2cc(OC)c(O)c(OC)c2)ccc1O. The van der Waals surface area contributed by atoms with E-state index in [0.717, 1.165) is 5.56 Å². The lowest BCUT2D eigenvalue weighted by molar-refractivity contribution is -0.154. The number of carbonyl (C=O) groups excluding carboxylic acids is 1. The Morgan fingerprint density at radius 3 is 2.17 bits per heavy atom. The van der Waals surface area contributed by atoms with Crippen LogP contribution in [0.1, 0.15) is 11.1 Å². The zero-order chi connectivity index (χ0) is 21.2. The molecular formula is C21H24O8. The molecule has 1 heterocycles.